The highest BCUT2D eigenvalue weighted by Gasteiger charge is 2.23. The van der Waals surface area contributed by atoms with Crippen LogP contribution in [0.5, 0.6) is 0 Å². The zero-order valence-corrected chi connectivity index (χ0v) is 10.7. The monoisotopic (exact) mass is 295 g/mol. The highest BCUT2D eigenvalue weighted by Crippen LogP contribution is 2.24. The van der Waals surface area contributed by atoms with Crippen molar-refractivity contribution in [1.82, 2.24) is 9.97 Å². The molecule has 1 aromatic heterocycles. The maximum absolute atomic E-state index is 13.1. The Hall–Kier alpha value is -1.23. The maximum Gasteiger partial charge on any atom is 0.225 e. The Labute approximate surface area is 107 Å². The quantitative estimate of drug-likeness (QED) is 0.810. The van der Waals surface area contributed by atoms with Gasteiger partial charge in [0.15, 0.2) is 0 Å². The van der Waals surface area contributed by atoms with Crippen molar-refractivity contribution in [3.63, 3.8) is 0 Å². The maximum atomic E-state index is 13.1. The molecule has 3 nitrogen and oxygen atoms in total. The van der Waals surface area contributed by atoms with E-state index in [4.69, 9.17) is 0 Å². The summed E-state index contributed by atoms with van der Waals surface area (Å²) in [5.41, 5.74) is 0.881. The first-order valence-electron chi connectivity index (χ1n) is 5.54. The van der Waals surface area contributed by atoms with Gasteiger partial charge in [0.25, 0.3) is 0 Å². The van der Waals surface area contributed by atoms with Gasteiger partial charge in [-0.3, -0.25) is 0 Å². The van der Waals surface area contributed by atoms with Crippen LogP contribution in [0.1, 0.15) is 6.42 Å². The van der Waals surface area contributed by atoms with Gasteiger partial charge in [-0.05, 0) is 18.6 Å². The lowest BCUT2D eigenvalue weighted by atomic mass is 10.2. The molecule has 1 atom stereocenters. The molecular weight excluding hydrogens is 285 g/mol. The van der Waals surface area contributed by atoms with Crippen molar-refractivity contribution in [2.24, 2.45) is 0 Å². The molecule has 0 bridgehead atoms. The van der Waals surface area contributed by atoms with Crippen molar-refractivity contribution in [2.45, 2.75) is 12.6 Å². The van der Waals surface area contributed by atoms with E-state index in [1.807, 2.05) is 23.1 Å². The third kappa shape index (κ3) is 1.99. The number of rotatable bonds is 1. The third-order valence-corrected chi connectivity index (χ3v) is 3.66. The van der Waals surface area contributed by atoms with E-state index in [2.05, 4.69) is 25.9 Å². The summed E-state index contributed by atoms with van der Waals surface area (Å²) >= 11 is 3.46. The van der Waals surface area contributed by atoms with Gasteiger partial charge in [0.2, 0.25) is 5.95 Å². The van der Waals surface area contributed by atoms with E-state index < -0.39 is 6.17 Å². The van der Waals surface area contributed by atoms with E-state index >= 15 is 0 Å². The van der Waals surface area contributed by atoms with Crippen molar-refractivity contribution in [2.75, 3.05) is 18.0 Å². The molecule has 5 heteroatoms. The summed E-state index contributed by atoms with van der Waals surface area (Å²) in [6, 6.07) is 5.83. The summed E-state index contributed by atoms with van der Waals surface area (Å²) in [6.45, 7) is 1.10. The Bertz CT molecular complexity index is 560. The average Bonchev–Trinajstić information content (AvgIpc) is 2.76. The van der Waals surface area contributed by atoms with Crippen LogP contribution in [-0.2, 0) is 0 Å². The minimum atomic E-state index is -0.753. The van der Waals surface area contributed by atoms with Gasteiger partial charge in [-0.1, -0.05) is 22.0 Å². The second-order valence-corrected chi connectivity index (χ2v) is 5.03. The van der Waals surface area contributed by atoms with Crippen LogP contribution in [-0.4, -0.2) is 29.2 Å². The molecule has 88 valence electrons. The second-order valence-electron chi connectivity index (χ2n) is 4.17. The summed E-state index contributed by atoms with van der Waals surface area (Å²) in [7, 11) is 0. The van der Waals surface area contributed by atoms with Gasteiger partial charge in [-0.25, -0.2) is 14.4 Å². The average molecular weight is 296 g/mol. The number of hydrogen-bond acceptors (Lipinski definition) is 3. The van der Waals surface area contributed by atoms with Crippen LogP contribution in [0.4, 0.5) is 10.3 Å². The Morgan fingerprint density at radius 1 is 1.41 bits per heavy atom. The predicted octanol–water partition coefficient (Wildman–Crippen LogP) is 2.94. The van der Waals surface area contributed by atoms with E-state index in [0.717, 1.165) is 15.4 Å². The number of aromatic nitrogens is 2. The van der Waals surface area contributed by atoms with E-state index in [0.29, 0.717) is 25.5 Å². The summed E-state index contributed by atoms with van der Waals surface area (Å²) in [4.78, 5) is 10.7. The number of benzene rings is 1. The predicted molar refractivity (Wildman–Crippen MR) is 69.0 cm³/mol. The van der Waals surface area contributed by atoms with E-state index in [-0.39, 0.29) is 0 Å². The lowest BCUT2D eigenvalue weighted by Crippen LogP contribution is -2.22. The van der Waals surface area contributed by atoms with Crippen LogP contribution in [0.25, 0.3) is 10.9 Å². The van der Waals surface area contributed by atoms with Gasteiger partial charge < -0.3 is 4.90 Å². The molecule has 0 aliphatic carbocycles. The number of alkyl halides is 1. The summed E-state index contributed by atoms with van der Waals surface area (Å²) in [5.74, 6) is 0.621. The summed E-state index contributed by atoms with van der Waals surface area (Å²) < 4.78 is 14.1. The Balaban J connectivity index is 2.02. The molecule has 1 aliphatic rings. The molecule has 0 radical (unpaired) electrons. The molecule has 1 saturated heterocycles. The molecule has 1 unspecified atom stereocenters. The van der Waals surface area contributed by atoms with Crippen LogP contribution < -0.4 is 4.90 Å². The van der Waals surface area contributed by atoms with Crippen molar-refractivity contribution < 1.29 is 4.39 Å². The molecule has 0 N–H and O–H groups in total. The van der Waals surface area contributed by atoms with E-state index in [1.165, 1.54) is 0 Å². The molecule has 1 aromatic carbocycles. The first-order chi connectivity index (χ1) is 8.24. The van der Waals surface area contributed by atoms with Crippen LogP contribution in [0.15, 0.2) is 28.9 Å². The summed E-state index contributed by atoms with van der Waals surface area (Å²) in [6.07, 6.45) is 1.60. The molecule has 2 aromatic rings. The van der Waals surface area contributed by atoms with E-state index in [1.54, 1.807) is 6.20 Å². The van der Waals surface area contributed by atoms with Crippen molar-refractivity contribution in [3.05, 3.63) is 28.9 Å². The number of fused-ring (bicyclic) bond motifs is 1. The van der Waals surface area contributed by atoms with Gasteiger partial charge in [0, 0.05) is 22.6 Å². The molecule has 2 heterocycles. The van der Waals surface area contributed by atoms with Crippen LogP contribution in [0, 0.1) is 0 Å². The standard InChI is InChI=1S/C12H11BrFN3/c13-10-2-1-3-11-9(10)6-15-12(16-11)17-5-4-8(14)7-17/h1-3,6,8H,4-5,7H2. The van der Waals surface area contributed by atoms with Gasteiger partial charge in [-0.15, -0.1) is 0 Å². The van der Waals surface area contributed by atoms with Gasteiger partial charge in [0.1, 0.15) is 6.17 Å². The van der Waals surface area contributed by atoms with Crippen LogP contribution in [0.2, 0.25) is 0 Å². The van der Waals surface area contributed by atoms with Crippen LogP contribution in [0.3, 0.4) is 0 Å². The van der Waals surface area contributed by atoms with Crippen molar-refractivity contribution in [3.8, 4) is 0 Å². The smallest absolute Gasteiger partial charge is 0.225 e. The van der Waals surface area contributed by atoms with Gasteiger partial charge in [-0.2, -0.15) is 0 Å². The third-order valence-electron chi connectivity index (χ3n) is 2.97. The lowest BCUT2D eigenvalue weighted by Gasteiger charge is -2.15. The zero-order valence-electron chi connectivity index (χ0n) is 9.11. The summed E-state index contributed by atoms with van der Waals surface area (Å²) in [5, 5.41) is 0.979. The topological polar surface area (TPSA) is 29.0 Å². The second kappa shape index (κ2) is 4.22. The molecule has 1 fully saturated rings. The van der Waals surface area contributed by atoms with Crippen LogP contribution >= 0.6 is 15.9 Å². The largest absolute Gasteiger partial charge is 0.338 e. The SMILES string of the molecule is FC1CCN(c2ncc3c(Br)cccc3n2)C1. The number of nitrogens with zero attached hydrogens (tertiary/aromatic N) is 3. The highest BCUT2D eigenvalue weighted by atomic mass is 79.9. The molecule has 0 spiro atoms. The normalized spacial score (nSPS) is 20.1. The fourth-order valence-electron chi connectivity index (χ4n) is 2.06. The Morgan fingerprint density at radius 2 is 2.29 bits per heavy atom. The zero-order chi connectivity index (χ0) is 11.8. The first kappa shape index (κ1) is 10.9. The van der Waals surface area contributed by atoms with Crippen molar-refractivity contribution in [1.29, 1.82) is 0 Å². The molecule has 1 aliphatic heterocycles. The number of hydrogen-bond donors (Lipinski definition) is 0. The van der Waals surface area contributed by atoms with Gasteiger partial charge >= 0.3 is 0 Å². The Morgan fingerprint density at radius 3 is 3.06 bits per heavy atom. The number of anilines is 1. The fraction of sp³-hybridized carbons (Fsp3) is 0.333. The lowest BCUT2D eigenvalue weighted by molar-refractivity contribution is 0.364. The molecular formula is C12H11BrFN3. The van der Waals surface area contributed by atoms with Crippen molar-refractivity contribution >= 4 is 32.8 Å². The molecule has 3 rings (SSSR count). The molecule has 0 saturated carbocycles. The number of halogens is 2. The first-order valence-corrected chi connectivity index (χ1v) is 6.33. The fourth-order valence-corrected chi connectivity index (χ4v) is 2.52. The highest BCUT2D eigenvalue weighted by molar-refractivity contribution is 9.10. The molecule has 17 heavy (non-hydrogen) atoms. The minimum absolute atomic E-state index is 0.402. The minimum Gasteiger partial charge on any atom is -0.338 e. The Kier molecular flexibility index (Phi) is 2.70. The van der Waals surface area contributed by atoms with E-state index in [9.17, 15) is 4.39 Å². The molecule has 0 amide bonds. The van der Waals surface area contributed by atoms with Gasteiger partial charge in [0.05, 0.1) is 12.1 Å².